The summed E-state index contributed by atoms with van der Waals surface area (Å²) in [5.74, 6) is 0. The first kappa shape index (κ1) is 36.0. The molecule has 0 rings (SSSR count). The highest BCUT2D eigenvalue weighted by molar-refractivity contribution is 8.22. The predicted octanol–water partition coefficient (Wildman–Crippen LogP) is 4.44. The van der Waals surface area contributed by atoms with Crippen LogP contribution in [0.25, 0.3) is 0 Å². The second kappa shape index (κ2) is 55.7. The van der Waals surface area contributed by atoms with E-state index in [1.807, 2.05) is 69.5 Å². The first-order valence-corrected chi connectivity index (χ1v) is 8.43. The standard InChI is InChI=1S/C2H9NO2S.C2H7N.4C2H6/c1-3-6(2,4)5;1-3-2;4*1-2/h3-5H,1-2H3;3H,1-2H3;4*1-2H3. The lowest BCUT2D eigenvalue weighted by atomic mass is 11.0. The molecule has 4 N–H and O–H groups in total. The molecule has 5 heteroatoms. The van der Waals surface area contributed by atoms with Gasteiger partial charge >= 0.3 is 0 Å². The van der Waals surface area contributed by atoms with Crippen molar-refractivity contribution in [3.63, 3.8) is 0 Å². The summed E-state index contributed by atoms with van der Waals surface area (Å²) in [5.41, 5.74) is 0. The van der Waals surface area contributed by atoms with Gasteiger partial charge in [-0.3, -0.25) is 9.11 Å². The molecule has 0 fully saturated rings. The van der Waals surface area contributed by atoms with Gasteiger partial charge in [0, 0.05) is 13.3 Å². The topological polar surface area (TPSA) is 64.5 Å². The molecule has 0 atom stereocenters. The van der Waals surface area contributed by atoms with Crippen molar-refractivity contribution in [1.82, 2.24) is 10.0 Å². The van der Waals surface area contributed by atoms with E-state index in [-0.39, 0.29) is 0 Å². The summed E-state index contributed by atoms with van der Waals surface area (Å²) < 4.78 is 19.0. The maximum Gasteiger partial charge on any atom is 0.0416 e. The minimum absolute atomic E-state index is 1.33. The Morgan fingerprint density at radius 2 is 0.706 bits per heavy atom. The second-order valence-electron chi connectivity index (χ2n) is 1.54. The van der Waals surface area contributed by atoms with Gasteiger partial charge in [0.2, 0.25) is 0 Å². The van der Waals surface area contributed by atoms with Crippen LogP contribution in [0.3, 0.4) is 0 Å². The van der Waals surface area contributed by atoms with Crippen LogP contribution in [0.4, 0.5) is 0 Å². The van der Waals surface area contributed by atoms with Crippen molar-refractivity contribution >= 4 is 10.8 Å². The molecule has 0 saturated heterocycles. The first-order chi connectivity index (χ1) is 7.97. The van der Waals surface area contributed by atoms with Gasteiger partial charge in [-0.1, -0.05) is 55.4 Å². The molecule has 0 heterocycles. The summed E-state index contributed by atoms with van der Waals surface area (Å²) in [5, 5.41) is 2.75. The van der Waals surface area contributed by atoms with E-state index >= 15 is 0 Å². The lowest BCUT2D eigenvalue weighted by Crippen LogP contribution is -2.11. The minimum Gasteiger partial charge on any atom is -0.323 e. The molecule has 0 aliphatic carbocycles. The van der Waals surface area contributed by atoms with Crippen molar-refractivity contribution in [2.75, 3.05) is 27.4 Å². The molecule has 0 aromatic carbocycles. The van der Waals surface area contributed by atoms with Gasteiger partial charge in [-0.25, -0.2) is 4.72 Å². The SMILES string of the molecule is CC.CC.CC.CC.CNC.CNS(C)(O)O. The molecule has 0 spiro atoms. The van der Waals surface area contributed by atoms with Crippen molar-refractivity contribution in [3.8, 4) is 0 Å². The molecule has 0 bridgehead atoms. The van der Waals surface area contributed by atoms with Crippen LogP contribution in [0.5, 0.6) is 0 Å². The Hall–Kier alpha value is 0.190. The fourth-order valence-corrected chi connectivity index (χ4v) is 0. The lowest BCUT2D eigenvalue weighted by Gasteiger charge is -2.24. The van der Waals surface area contributed by atoms with Crippen LogP contribution in [-0.2, 0) is 0 Å². The van der Waals surface area contributed by atoms with Gasteiger partial charge in [0.15, 0.2) is 0 Å². The maximum atomic E-state index is 8.35. The summed E-state index contributed by atoms with van der Waals surface area (Å²) in [7, 11) is 2.83. The van der Waals surface area contributed by atoms with Gasteiger partial charge in [-0.15, -0.1) is 10.8 Å². The van der Waals surface area contributed by atoms with Crippen LogP contribution in [-0.4, -0.2) is 36.5 Å². The number of hydrogen-bond acceptors (Lipinski definition) is 4. The van der Waals surface area contributed by atoms with E-state index in [4.69, 9.17) is 9.11 Å². The molecule has 0 aliphatic rings. The van der Waals surface area contributed by atoms with Gasteiger partial charge in [0.1, 0.15) is 0 Å². The molecular weight excluding hydrogens is 236 g/mol. The van der Waals surface area contributed by atoms with E-state index in [1.165, 1.54) is 13.3 Å². The summed E-state index contributed by atoms with van der Waals surface area (Å²) in [6, 6.07) is 0. The molecule has 0 aromatic rings. The van der Waals surface area contributed by atoms with Gasteiger partial charge in [0.05, 0.1) is 0 Å². The molecule has 4 nitrogen and oxygen atoms in total. The average molecular weight is 277 g/mol. The summed E-state index contributed by atoms with van der Waals surface area (Å²) in [6.07, 6.45) is 1.33. The molecule has 0 aromatic heterocycles. The summed E-state index contributed by atoms with van der Waals surface area (Å²) in [4.78, 5) is 0. The smallest absolute Gasteiger partial charge is 0.0416 e. The summed E-state index contributed by atoms with van der Waals surface area (Å²) in [6.45, 7) is 16.0. The second-order valence-corrected chi connectivity index (χ2v) is 3.61. The number of hydrogen-bond donors (Lipinski definition) is 4. The van der Waals surface area contributed by atoms with Crippen LogP contribution < -0.4 is 10.0 Å². The molecule has 17 heavy (non-hydrogen) atoms. The first-order valence-electron chi connectivity index (χ1n) is 6.48. The molecule has 116 valence electrons. The number of nitrogens with one attached hydrogen (secondary N) is 2. The third-order valence-electron chi connectivity index (χ3n) is 0.387. The Morgan fingerprint density at radius 1 is 0.647 bits per heavy atom. The molecule has 0 unspecified atom stereocenters. The zero-order chi connectivity index (χ0) is 15.9. The predicted molar refractivity (Wildman–Crippen MR) is 88.2 cm³/mol. The molecule has 0 aliphatic heterocycles. The van der Waals surface area contributed by atoms with Crippen molar-refractivity contribution < 1.29 is 9.11 Å². The van der Waals surface area contributed by atoms with Gasteiger partial charge in [0.25, 0.3) is 0 Å². The normalized spacial score (nSPS) is 7.65. The summed E-state index contributed by atoms with van der Waals surface area (Å²) >= 11 is 0. The Balaban J connectivity index is -0.0000000238. The van der Waals surface area contributed by atoms with E-state index in [2.05, 4.69) is 10.0 Å². The lowest BCUT2D eigenvalue weighted by molar-refractivity contribution is 0.484. The van der Waals surface area contributed by atoms with E-state index in [1.54, 1.807) is 0 Å². The van der Waals surface area contributed by atoms with Crippen molar-refractivity contribution in [3.05, 3.63) is 0 Å². The van der Waals surface area contributed by atoms with E-state index in [9.17, 15) is 0 Å². The highest BCUT2D eigenvalue weighted by Gasteiger charge is 1.92. The Kier molecular flexibility index (Phi) is 118. The fraction of sp³-hybridized carbons (Fsp3) is 1.00. The Labute approximate surface area is 113 Å². The monoisotopic (exact) mass is 276 g/mol. The largest absolute Gasteiger partial charge is 0.323 e. The van der Waals surface area contributed by atoms with Crippen molar-refractivity contribution in [2.24, 2.45) is 0 Å². The van der Waals surface area contributed by atoms with Crippen LogP contribution >= 0.6 is 10.8 Å². The van der Waals surface area contributed by atoms with E-state index in [0.29, 0.717) is 0 Å². The zero-order valence-corrected chi connectivity index (χ0v) is 15.1. The zero-order valence-electron chi connectivity index (χ0n) is 14.3. The van der Waals surface area contributed by atoms with Crippen LogP contribution in [0.2, 0.25) is 0 Å². The van der Waals surface area contributed by atoms with Crippen LogP contribution in [0, 0.1) is 0 Å². The van der Waals surface area contributed by atoms with Crippen LogP contribution in [0.15, 0.2) is 0 Å². The third-order valence-corrected chi connectivity index (χ3v) is 1.16. The minimum atomic E-state index is -2.41. The highest BCUT2D eigenvalue weighted by Crippen LogP contribution is 2.24. The van der Waals surface area contributed by atoms with E-state index in [0.717, 1.165) is 0 Å². The number of rotatable bonds is 1. The Bertz CT molecular complexity index is 61.0. The van der Waals surface area contributed by atoms with Crippen molar-refractivity contribution in [1.29, 1.82) is 0 Å². The molecule has 0 saturated carbocycles. The molecule has 0 amide bonds. The highest BCUT2D eigenvalue weighted by atomic mass is 32.3. The van der Waals surface area contributed by atoms with E-state index < -0.39 is 10.8 Å². The van der Waals surface area contributed by atoms with Crippen LogP contribution in [0.1, 0.15) is 55.4 Å². The third kappa shape index (κ3) is 320. The fourth-order valence-electron chi connectivity index (χ4n) is 0. The maximum absolute atomic E-state index is 8.35. The molecular formula is C12H40N2O2S. The van der Waals surface area contributed by atoms with Gasteiger partial charge in [-0.2, -0.15) is 0 Å². The average Bonchev–Trinajstić information content (AvgIpc) is 2.39. The Morgan fingerprint density at radius 3 is 0.706 bits per heavy atom. The quantitative estimate of drug-likeness (QED) is 0.571. The van der Waals surface area contributed by atoms with Crippen molar-refractivity contribution in [2.45, 2.75) is 55.4 Å². The molecule has 0 radical (unpaired) electrons. The van der Waals surface area contributed by atoms with Gasteiger partial charge < -0.3 is 5.32 Å². The van der Waals surface area contributed by atoms with Gasteiger partial charge in [-0.05, 0) is 14.1 Å².